The van der Waals surface area contributed by atoms with E-state index in [1.165, 1.54) is 6.20 Å². The van der Waals surface area contributed by atoms with Gasteiger partial charge in [0.05, 0.1) is 11.9 Å². The highest BCUT2D eigenvalue weighted by molar-refractivity contribution is 6.34. The van der Waals surface area contributed by atoms with Gasteiger partial charge in [0.2, 0.25) is 5.88 Å². The first kappa shape index (κ1) is 12.3. The van der Waals surface area contributed by atoms with Crippen LogP contribution in [0.4, 0.5) is 5.69 Å². The van der Waals surface area contributed by atoms with E-state index in [1.807, 2.05) is 0 Å². The average molecular weight is 290 g/mol. The molecule has 6 heteroatoms. The lowest BCUT2D eigenvalue weighted by Gasteiger charge is -2.07. The highest BCUT2D eigenvalue weighted by Gasteiger charge is 2.06. The molecule has 0 fully saturated rings. The van der Waals surface area contributed by atoms with Gasteiger partial charge < -0.3 is 10.5 Å². The van der Waals surface area contributed by atoms with Gasteiger partial charge in [-0.1, -0.05) is 34.8 Å². The molecule has 3 nitrogen and oxygen atoms in total. The molecule has 0 unspecified atom stereocenters. The Balaban J connectivity index is 2.31. The van der Waals surface area contributed by atoms with Crippen molar-refractivity contribution in [1.29, 1.82) is 0 Å². The first-order valence-corrected chi connectivity index (χ1v) is 5.73. The molecular weight excluding hydrogens is 282 g/mol. The van der Waals surface area contributed by atoms with Crippen LogP contribution in [-0.4, -0.2) is 4.98 Å². The molecule has 17 heavy (non-hydrogen) atoms. The van der Waals surface area contributed by atoms with E-state index in [9.17, 15) is 0 Å². The zero-order valence-electron chi connectivity index (χ0n) is 8.45. The standard InChI is InChI=1S/C11H7Cl3N2O/c12-6-1-7(13)3-9(2-6)17-11-10(14)4-8(15)5-16-11/h1-5H,15H2. The summed E-state index contributed by atoms with van der Waals surface area (Å²) in [4.78, 5) is 3.97. The number of nitrogen functional groups attached to an aromatic ring is 1. The summed E-state index contributed by atoms with van der Waals surface area (Å²) >= 11 is 17.6. The predicted molar refractivity (Wildman–Crippen MR) is 70.2 cm³/mol. The maximum atomic E-state index is 5.93. The SMILES string of the molecule is Nc1cnc(Oc2cc(Cl)cc(Cl)c2)c(Cl)c1. The Morgan fingerprint density at radius 3 is 2.24 bits per heavy atom. The molecule has 0 amide bonds. The Morgan fingerprint density at radius 1 is 1.00 bits per heavy atom. The van der Waals surface area contributed by atoms with Crippen LogP contribution in [0.5, 0.6) is 11.6 Å². The van der Waals surface area contributed by atoms with Gasteiger partial charge in [-0.05, 0) is 24.3 Å². The lowest BCUT2D eigenvalue weighted by atomic mass is 10.3. The summed E-state index contributed by atoms with van der Waals surface area (Å²) in [6, 6.07) is 6.38. The molecule has 0 saturated heterocycles. The summed E-state index contributed by atoms with van der Waals surface area (Å²) in [6.07, 6.45) is 1.45. The van der Waals surface area contributed by atoms with E-state index in [-0.39, 0.29) is 5.88 Å². The van der Waals surface area contributed by atoms with Crippen molar-refractivity contribution >= 4 is 40.5 Å². The lowest BCUT2D eigenvalue weighted by molar-refractivity contribution is 0.463. The number of pyridine rings is 1. The van der Waals surface area contributed by atoms with Crippen LogP contribution in [0.3, 0.4) is 0 Å². The van der Waals surface area contributed by atoms with Gasteiger partial charge in [-0.2, -0.15) is 0 Å². The highest BCUT2D eigenvalue weighted by Crippen LogP contribution is 2.31. The van der Waals surface area contributed by atoms with Crippen molar-refractivity contribution in [2.24, 2.45) is 0 Å². The number of ether oxygens (including phenoxy) is 1. The summed E-state index contributed by atoms with van der Waals surface area (Å²) in [5, 5.41) is 1.26. The third-order valence-corrected chi connectivity index (χ3v) is 2.59. The predicted octanol–water partition coefficient (Wildman–Crippen LogP) is 4.42. The Morgan fingerprint density at radius 2 is 1.65 bits per heavy atom. The lowest BCUT2D eigenvalue weighted by Crippen LogP contribution is -1.92. The van der Waals surface area contributed by atoms with Crippen LogP contribution >= 0.6 is 34.8 Å². The average Bonchev–Trinajstić information content (AvgIpc) is 2.21. The molecule has 1 heterocycles. The number of anilines is 1. The highest BCUT2D eigenvalue weighted by atomic mass is 35.5. The number of hydrogen-bond acceptors (Lipinski definition) is 3. The van der Waals surface area contributed by atoms with E-state index in [2.05, 4.69) is 4.98 Å². The Labute approximate surface area is 113 Å². The van der Waals surface area contributed by atoms with Crippen molar-refractivity contribution < 1.29 is 4.74 Å². The normalized spacial score (nSPS) is 10.3. The topological polar surface area (TPSA) is 48.1 Å². The van der Waals surface area contributed by atoms with Crippen molar-refractivity contribution in [3.8, 4) is 11.6 Å². The molecule has 2 aromatic rings. The van der Waals surface area contributed by atoms with Gasteiger partial charge in [0.1, 0.15) is 10.8 Å². The molecule has 88 valence electrons. The van der Waals surface area contributed by atoms with Crippen LogP contribution in [0.15, 0.2) is 30.5 Å². The van der Waals surface area contributed by atoms with Crippen LogP contribution < -0.4 is 10.5 Å². The Kier molecular flexibility index (Phi) is 3.62. The van der Waals surface area contributed by atoms with Crippen LogP contribution in [0, 0.1) is 0 Å². The van der Waals surface area contributed by atoms with E-state index >= 15 is 0 Å². The van der Waals surface area contributed by atoms with Gasteiger partial charge in [0, 0.05) is 10.0 Å². The Bertz CT molecular complexity index is 540. The fourth-order valence-corrected chi connectivity index (χ4v) is 1.93. The van der Waals surface area contributed by atoms with Crippen LogP contribution in [0.1, 0.15) is 0 Å². The minimum absolute atomic E-state index is 0.249. The van der Waals surface area contributed by atoms with E-state index in [1.54, 1.807) is 24.3 Å². The van der Waals surface area contributed by atoms with Crippen molar-refractivity contribution in [2.45, 2.75) is 0 Å². The molecule has 0 aliphatic carbocycles. The number of benzene rings is 1. The van der Waals surface area contributed by atoms with Gasteiger partial charge in [0.25, 0.3) is 0 Å². The molecule has 0 spiro atoms. The molecule has 0 aliphatic rings. The van der Waals surface area contributed by atoms with E-state index in [0.29, 0.717) is 26.5 Å². The number of halogens is 3. The van der Waals surface area contributed by atoms with Gasteiger partial charge in [-0.15, -0.1) is 0 Å². The summed E-state index contributed by atoms with van der Waals surface area (Å²) < 4.78 is 5.46. The summed E-state index contributed by atoms with van der Waals surface area (Å²) in [7, 11) is 0. The molecule has 0 aliphatic heterocycles. The summed E-state index contributed by atoms with van der Waals surface area (Å²) in [6.45, 7) is 0. The number of aromatic nitrogens is 1. The molecule has 1 aromatic heterocycles. The van der Waals surface area contributed by atoms with Crippen molar-refractivity contribution in [1.82, 2.24) is 4.98 Å². The number of rotatable bonds is 2. The summed E-state index contributed by atoms with van der Waals surface area (Å²) in [5.74, 6) is 0.709. The minimum Gasteiger partial charge on any atom is -0.437 e. The molecule has 0 bridgehead atoms. The third-order valence-electron chi connectivity index (χ3n) is 1.88. The molecule has 0 saturated carbocycles. The van der Waals surface area contributed by atoms with E-state index in [0.717, 1.165) is 0 Å². The maximum absolute atomic E-state index is 5.93. The Hall–Kier alpha value is -1.16. The second-order valence-corrected chi connectivity index (χ2v) is 4.54. The largest absolute Gasteiger partial charge is 0.437 e. The minimum atomic E-state index is 0.249. The second-order valence-electron chi connectivity index (χ2n) is 3.26. The maximum Gasteiger partial charge on any atom is 0.238 e. The van der Waals surface area contributed by atoms with Gasteiger partial charge in [-0.25, -0.2) is 4.98 Å². The second kappa shape index (κ2) is 5.00. The fraction of sp³-hybridized carbons (Fsp3) is 0. The van der Waals surface area contributed by atoms with Crippen LogP contribution in [-0.2, 0) is 0 Å². The van der Waals surface area contributed by atoms with Crippen molar-refractivity contribution in [2.75, 3.05) is 5.73 Å². The molecule has 0 radical (unpaired) electrons. The number of hydrogen-bond donors (Lipinski definition) is 1. The van der Waals surface area contributed by atoms with Crippen LogP contribution in [0.25, 0.3) is 0 Å². The zero-order valence-corrected chi connectivity index (χ0v) is 10.7. The number of nitrogens with two attached hydrogens (primary N) is 1. The smallest absolute Gasteiger partial charge is 0.238 e. The van der Waals surface area contributed by atoms with Crippen molar-refractivity contribution in [3.63, 3.8) is 0 Å². The quantitative estimate of drug-likeness (QED) is 0.890. The molecule has 2 rings (SSSR count). The van der Waals surface area contributed by atoms with Crippen molar-refractivity contribution in [3.05, 3.63) is 45.5 Å². The molecule has 0 atom stereocenters. The fourth-order valence-electron chi connectivity index (χ4n) is 1.21. The third kappa shape index (κ3) is 3.16. The first-order chi connectivity index (χ1) is 8.04. The zero-order chi connectivity index (χ0) is 12.4. The number of nitrogens with zero attached hydrogens (tertiary/aromatic N) is 1. The summed E-state index contributed by atoms with van der Waals surface area (Å²) in [5.41, 5.74) is 5.99. The van der Waals surface area contributed by atoms with E-state index in [4.69, 9.17) is 45.3 Å². The van der Waals surface area contributed by atoms with Gasteiger partial charge >= 0.3 is 0 Å². The monoisotopic (exact) mass is 288 g/mol. The molecule has 1 aromatic carbocycles. The molecule has 2 N–H and O–H groups in total. The van der Waals surface area contributed by atoms with Gasteiger partial charge in [-0.3, -0.25) is 0 Å². The van der Waals surface area contributed by atoms with Gasteiger partial charge in [0.15, 0.2) is 0 Å². The van der Waals surface area contributed by atoms with Crippen LogP contribution in [0.2, 0.25) is 15.1 Å². The van der Waals surface area contributed by atoms with E-state index < -0.39 is 0 Å². The molecular formula is C11H7Cl3N2O. The first-order valence-electron chi connectivity index (χ1n) is 4.59.